The van der Waals surface area contributed by atoms with Crippen molar-refractivity contribution in [3.63, 3.8) is 0 Å². The number of hydrogen-bond donors (Lipinski definition) is 2. The van der Waals surface area contributed by atoms with Crippen molar-refractivity contribution >= 4 is 11.6 Å². The van der Waals surface area contributed by atoms with Gasteiger partial charge >= 0.3 is 0 Å². The molecule has 2 heterocycles. The van der Waals surface area contributed by atoms with Crippen LogP contribution in [-0.2, 0) is 11.2 Å². The molecule has 1 saturated heterocycles. The molecule has 0 amide bonds. The Hall–Kier alpha value is -1.79. The summed E-state index contributed by atoms with van der Waals surface area (Å²) in [5.74, 6) is 1.59. The molecule has 2 aliphatic rings. The molecule has 1 fully saturated rings. The number of halogens is 1. The summed E-state index contributed by atoms with van der Waals surface area (Å²) in [7, 11) is 0. The first-order valence-electron chi connectivity index (χ1n) is 10.1. The lowest BCUT2D eigenvalue weighted by Crippen LogP contribution is -2.33. The third-order valence-corrected chi connectivity index (χ3v) is 6.07. The van der Waals surface area contributed by atoms with Gasteiger partial charge in [0.05, 0.1) is 29.9 Å². The van der Waals surface area contributed by atoms with E-state index in [1.165, 1.54) is 5.56 Å². The summed E-state index contributed by atoms with van der Waals surface area (Å²) in [5, 5.41) is 20.3. The molecule has 3 unspecified atom stereocenters. The number of aliphatic hydroxyl groups is 2. The molecule has 5 nitrogen and oxygen atoms in total. The molecular formula is C23H27ClO5. The molecule has 2 aromatic carbocycles. The first kappa shape index (κ1) is 20.5. The maximum Gasteiger partial charge on any atom is 0.231 e. The predicted molar refractivity (Wildman–Crippen MR) is 111 cm³/mol. The number of hydrogen-bond acceptors (Lipinski definition) is 5. The first-order chi connectivity index (χ1) is 14.0. The Labute approximate surface area is 176 Å². The summed E-state index contributed by atoms with van der Waals surface area (Å²) >= 11 is 6.65. The molecule has 0 aliphatic carbocycles. The van der Waals surface area contributed by atoms with Crippen molar-refractivity contribution in [1.82, 2.24) is 0 Å². The van der Waals surface area contributed by atoms with E-state index in [1.807, 2.05) is 6.07 Å². The summed E-state index contributed by atoms with van der Waals surface area (Å²) in [5.41, 5.74) is 4.19. The quantitative estimate of drug-likeness (QED) is 0.755. The van der Waals surface area contributed by atoms with Gasteiger partial charge in [0.15, 0.2) is 11.5 Å². The maximum atomic E-state index is 10.2. The average Bonchev–Trinajstić information content (AvgIpc) is 3.20. The zero-order chi connectivity index (χ0) is 20.5. The molecule has 0 radical (unpaired) electrons. The van der Waals surface area contributed by atoms with Crippen LogP contribution in [-0.4, -0.2) is 35.8 Å². The fourth-order valence-corrected chi connectivity index (χ4v) is 4.30. The van der Waals surface area contributed by atoms with Crippen LogP contribution < -0.4 is 9.47 Å². The normalized spacial score (nSPS) is 23.6. The van der Waals surface area contributed by atoms with Crippen LogP contribution in [0.4, 0.5) is 0 Å². The van der Waals surface area contributed by atoms with E-state index in [9.17, 15) is 10.2 Å². The van der Waals surface area contributed by atoms with Gasteiger partial charge in [0.25, 0.3) is 0 Å². The van der Waals surface area contributed by atoms with E-state index in [4.69, 9.17) is 25.8 Å². The molecule has 29 heavy (non-hydrogen) atoms. The fourth-order valence-electron chi connectivity index (χ4n) is 4.03. The minimum absolute atomic E-state index is 0.104. The topological polar surface area (TPSA) is 68.2 Å². The van der Waals surface area contributed by atoms with Crippen molar-refractivity contribution in [3.8, 4) is 11.5 Å². The van der Waals surface area contributed by atoms with E-state index in [1.54, 1.807) is 0 Å². The SMILES string of the molecule is CC(C)c1ccc(Cc2cc(C3CC(O)CC(CO)O3)c3c(c2Cl)OCO3)cc1. The second kappa shape index (κ2) is 8.52. The molecule has 0 bridgehead atoms. The summed E-state index contributed by atoms with van der Waals surface area (Å²) in [6, 6.07) is 10.5. The Morgan fingerprint density at radius 1 is 1.10 bits per heavy atom. The minimum Gasteiger partial charge on any atom is -0.453 e. The van der Waals surface area contributed by atoms with Crippen molar-refractivity contribution in [3.05, 3.63) is 57.6 Å². The number of ether oxygens (including phenoxy) is 3. The second-order valence-electron chi connectivity index (χ2n) is 8.13. The van der Waals surface area contributed by atoms with Crippen LogP contribution in [0.3, 0.4) is 0 Å². The van der Waals surface area contributed by atoms with Crippen molar-refractivity contribution in [2.45, 2.75) is 57.3 Å². The number of rotatable bonds is 5. The lowest BCUT2D eigenvalue weighted by molar-refractivity contribution is -0.114. The van der Waals surface area contributed by atoms with Crippen molar-refractivity contribution in [2.24, 2.45) is 0 Å². The minimum atomic E-state index is -0.536. The first-order valence-corrected chi connectivity index (χ1v) is 10.5. The standard InChI is InChI=1S/C23H27ClO5/c1-13(2)15-5-3-14(4-6-15)7-16-8-19(22-23(21(16)24)28-12-27-22)20-10-17(26)9-18(11-25)29-20/h3-6,8,13,17-18,20,25-26H,7,9-12H2,1-2H3. The molecule has 3 atom stereocenters. The Balaban J connectivity index is 1.67. The van der Waals surface area contributed by atoms with E-state index < -0.39 is 12.2 Å². The summed E-state index contributed by atoms with van der Waals surface area (Å²) < 4.78 is 17.3. The molecule has 2 N–H and O–H groups in total. The van der Waals surface area contributed by atoms with Gasteiger partial charge in [-0.25, -0.2) is 0 Å². The van der Waals surface area contributed by atoms with Crippen molar-refractivity contribution in [1.29, 1.82) is 0 Å². The Morgan fingerprint density at radius 3 is 2.52 bits per heavy atom. The van der Waals surface area contributed by atoms with Crippen LogP contribution in [0.25, 0.3) is 0 Å². The van der Waals surface area contributed by atoms with Crippen LogP contribution in [0.15, 0.2) is 30.3 Å². The molecule has 0 saturated carbocycles. The Morgan fingerprint density at radius 2 is 1.83 bits per heavy atom. The third kappa shape index (κ3) is 4.24. The molecule has 4 rings (SSSR count). The van der Waals surface area contributed by atoms with E-state index in [-0.39, 0.29) is 19.5 Å². The van der Waals surface area contributed by atoms with Gasteiger partial charge in [0.2, 0.25) is 6.79 Å². The lowest BCUT2D eigenvalue weighted by atomic mass is 9.92. The van der Waals surface area contributed by atoms with E-state index >= 15 is 0 Å². The van der Waals surface area contributed by atoms with Crippen molar-refractivity contribution in [2.75, 3.05) is 13.4 Å². The van der Waals surface area contributed by atoms with Gasteiger partial charge in [-0.2, -0.15) is 0 Å². The molecule has 156 valence electrons. The van der Waals surface area contributed by atoms with Gasteiger partial charge in [0, 0.05) is 18.4 Å². The highest BCUT2D eigenvalue weighted by molar-refractivity contribution is 6.33. The van der Waals surface area contributed by atoms with Gasteiger partial charge < -0.3 is 24.4 Å². The highest BCUT2D eigenvalue weighted by Gasteiger charge is 2.34. The second-order valence-corrected chi connectivity index (χ2v) is 8.51. The zero-order valence-corrected chi connectivity index (χ0v) is 17.5. The van der Waals surface area contributed by atoms with Crippen LogP contribution in [0, 0.1) is 0 Å². The Kier molecular flexibility index (Phi) is 6.02. The molecule has 0 aromatic heterocycles. The van der Waals surface area contributed by atoms with E-state index in [0.717, 1.165) is 16.7 Å². The third-order valence-electron chi connectivity index (χ3n) is 5.66. The molecule has 0 spiro atoms. The molecule has 2 aromatic rings. The maximum absolute atomic E-state index is 10.2. The number of aliphatic hydroxyl groups excluding tert-OH is 2. The highest BCUT2D eigenvalue weighted by Crippen LogP contribution is 2.48. The number of fused-ring (bicyclic) bond motifs is 1. The summed E-state index contributed by atoms with van der Waals surface area (Å²) in [6.07, 6.45) is 0.201. The molecule has 6 heteroatoms. The highest BCUT2D eigenvalue weighted by atomic mass is 35.5. The largest absolute Gasteiger partial charge is 0.453 e. The van der Waals surface area contributed by atoms with Gasteiger partial charge in [0.1, 0.15) is 0 Å². The van der Waals surface area contributed by atoms with Gasteiger partial charge in [-0.3, -0.25) is 0 Å². The van der Waals surface area contributed by atoms with E-state index in [2.05, 4.69) is 38.1 Å². The number of benzene rings is 2. The smallest absolute Gasteiger partial charge is 0.231 e. The molecule has 2 aliphatic heterocycles. The average molecular weight is 419 g/mol. The van der Waals surface area contributed by atoms with E-state index in [0.29, 0.717) is 41.7 Å². The van der Waals surface area contributed by atoms with Crippen LogP contribution in [0.1, 0.15) is 61.0 Å². The summed E-state index contributed by atoms with van der Waals surface area (Å²) in [6.45, 7) is 4.32. The van der Waals surface area contributed by atoms with Gasteiger partial charge in [-0.05, 0) is 35.1 Å². The Bertz CT molecular complexity index is 865. The summed E-state index contributed by atoms with van der Waals surface area (Å²) in [4.78, 5) is 0. The predicted octanol–water partition coefficient (Wildman–Crippen LogP) is 4.36. The molecular weight excluding hydrogens is 392 g/mol. The van der Waals surface area contributed by atoms with Gasteiger partial charge in [-0.15, -0.1) is 0 Å². The van der Waals surface area contributed by atoms with Crippen LogP contribution in [0.2, 0.25) is 5.02 Å². The van der Waals surface area contributed by atoms with Gasteiger partial charge in [-0.1, -0.05) is 49.7 Å². The lowest BCUT2D eigenvalue weighted by Gasteiger charge is -2.33. The fraction of sp³-hybridized carbons (Fsp3) is 0.478. The van der Waals surface area contributed by atoms with Crippen molar-refractivity contribution < 1.29 is 24.4 Å². The monoisotopic (exact) mass is 418 g/mol. The van der Waals surface area contributed by atoms with Crippen LogP contribution in [0.5, 0.6) is 11.5 Å². The van der Waals surface area contributed by atoms with Crippen LogP contribution >= 0.6 is 11.6 Å². The zero-order valence-electron chi connectivity index (χ0n) is 16.7.